The average Bonchev–Trinajstić information content (AvgIpc) is 2.89. The van der Waals surface area contributed by atoms with Gasteiger partial charge in [-0.15, -0.1) is 0 Å². The summed E-state index contributed by atoms with van der Waals surface area (Å²) in [6.07, 6.45) is 2.88. The van der Waals surface area contributed by atoms with Crippen LogP contribution in [0.4, 0.5) is 0 Å². The second-order valence-electron chi connectivity index (χ2n) is 4.40. The van der Waals surface area contributed by atoms with Crippen molar-refractivity contribution < 1.29 is 9.63 Å². The number of hydrogen-bond acceptors (Lipinski definition) is 4. The Balaban J connectivity index is 1.77. The van der Waals surface area contributed by atoms with Crippen LogP contribution in [0.1, 0.15) is 12.0 Å². The van der Waals surface area contributed by atoms with Gasteiger partial charge >= 0.3 is 0 Å². The SMILES string of the molecule is CSCCNC(=O)C1CC(Cc2ccccc2)=NO1. The van der Waals surface area contributed by atoms with Crippen molar-refractivity contribution in [2.24, 2.45) is 5.16 Å². The predicted octanol–water partition coefficient (Wildman–Crippen LogP) is 1.85. The Morgan fingerprint density at radius 1 is 1.47 bits per heavy atom. The molecule has 19 heavy (non-hydrogen) atoms. The molecule has 4 nitrogen and oxygen atoms in total. The number of hydrogen-bond donors (Lipinski definition) is 1. The molecule has 0 aromatic heterocycles. The maximum Gasteiger partial charge on any atom is 0.264 e. The van der Waals surface area contributed by atoms with Gasteiger partial charge in [0.05, 0.1) is 5.71 Å². The number of carbonyl (C=O) groups is 1. The van der Waals surface area contributed by atoms with E-state index in [1.54, 1.807) is 11.8 Å². The zero-order valence-electron chi connectivity index (χ0n) is 11.0. The molecule has 1 aromatic rings. The lowest BCUT2D eigenvalue weighted by Crippen LogP contribution is -2.36. The molecule has 1 unspecified atom stereocenters. The smallest absolute Gasteiger partial charge is 0.264 e. The van der Waals surface area contributed by atoms with E-state index in [9.17, 15) is 4.79 Å². The third kappa shape index (κ3) is 4.28. The van der Waals surface area contributed by atoms with Crippen molar-refractivity contribution in [1.82, 2.24) is 5.32 Å². The Bertz CT molecular complexity index is 448. The minimum atomic E-state index is -0.458. The first-order valence-corrected chi connectivity index (χ1v) is 7.71. The molecule has 1 aliphatic rings. The van der Waals surface area contributed by atoms with Crippen molar-refractivity contribution in [3.8, 4) is 0 Å². The number of carbonyl (C=O) groups excluding carboxylic acids is 1. The average molecular weight is 278 g/mol. The predicted molar refractivity (Wildman–Crippen MR) is 78.5 cm³/mol. The van der Waals surface area contributed by atoms with Crippen molar-refractivity contribution in [1.29, 1.82) is 0 Å². The first-order chi connectivity index (χ1) is 9.29. The number of rotatable bonds is 6. The summed E-state index contributed by atoms with van der Waals surface area (Å²) in [6.45, 7) is 0.674. The van der Waals surface area contributed by atoms with E-state index in [4.69, 9.17) is 4.84 Å². The number of nitrogens with zero attached hydrogens (tertiary/aromatic N) is 1. The second kappa shape index (κ2) is 7.19. The van der Waals surface area contributed by atoms with Gasteiger partial charge in [0, 0.05) is 25.1 Å². The quantitative estimate of drug-likeness (QED) is 0.808. The molecule has 0 bridgehead atoms. The Kier molecular flexibility index (Phi) is 5.27. The summed E-state index contributed by atoms with van der Waals surface area (Å²) in [5.41, 5.74) is 2.12. The maximum absolute atomic E-state index is 11.8. The summed E-state index contributed by atoms with van der Waals surface area (Å²) in [5.74, 6) is 0.844. The fourth-order valence-electron chi connectivity index (χ4n) is 1.89. The van der Waals surface area contributed by atoms with E-state index in [1.165, 1.54) is 5.56 Å². The third-order valence-corrected chi connectivity index (χ3v) is 3.49. The molecule has 0 saturated carbocycles. The molecule has 1 N–H and O–H groups in total. The number of nitrogens with one attached hydrogen (secondary N) is 1. The lowest BCUT2D eigenvalue weighted by Gasteiger charge is -2.08. The summed E-state index contributed by atoms with van der Waals surface area (Å²) in [5, 5.41) is 6.86. The molecular weight excluding hydrogens is 260 g/mol. The van der Waals surface area contributed by atoms with Crippen LogP contribution >= 0.6 is 11.8 Å². The number of benzene rings is 1. The van der Waals surface area contributed by atoms with Gasteiger partial charge in [0.25, 0.3) is 5.91 Å². The van der Waals surface area contributed by atoms with Crippen LogP contribution in [-0.4, -0.2) is 36.3 Å². The molecule has 0 saturated heterocycles. The van der Waals surface area contributed by atoms with Crippen molar-refractivity contribution in [2.75, 3.05) is 18.6 Å². The maximum atomic E-state index is 11.8. The van der Waals surface area contributed by atoms with Crippen LogP contribution in [-0.2, 0) is 16.1 Å². The van der Waals surface area contributed by atoms with E-state index >= 15 is 0 Å². The lowest BCUT2D eigenvalue weighted by molar-refractivity contribution is -0.131. The fourth-order valence-corrected chi connectivity index (χ4v) is 2.20. The van der Waals surface area contributed by atoms with Crippen molar-refractivity contribution in [2.45, 2.75) is 18.9 Å². The van der Waals surface area contributed by atoms with Gasteiger partial charge in [-0.3, -0.25) is 4.79 Å². The number of amides is 1. The van der Waals surface area contributed by atoms with Gasteiger partial charge in [0.2, 0.25) is 6.10 Å². The van der Waals surface area contributed by atoms with Crippen LogP contribution in [0.15, 0.2) is 35.5 Å². The highest BCUT2D eigenvalue weighted by atomic mass is 32.2. The van der Waals surface area contributed by atoms with Crippen LogP contribution in [0.2, 0.25) is 0 Å². The number of thioether (sulfide) groups is 1. The van der Waals surface area contributed by atoms with E-state index in [1.807, 2.05) is 36.6 Å². The molecule has 0 fully saturated rings. The molecule has 5 heteroatoms. The Labute approximate surface area is 117 Å². The minimum absolute atomic E-state index is 0.0686. The van der Waals surface area contributed by atoms with E-state index in [-0.39, 0.29) is 5.91 Å². The molecule has 1 atom stereocenters. The summed E-state index contributed by atoms with van der Waals surface area (Å²) in [4.78, 5) is 17.0. The largest absolute Gasteiger partial charge is 0.382 e. The molecule has 0 radical (unpaired) electrons. The molecule has 1 heterocycles. The lowest BCUT2D eigenvalue weighted by atomic mass is 10.0. The van der Waals surface area contributed by atoms with E-state index in [2.05, 4.69) is 10.5 Å². The van der Waals surface area contributed by atoms with Crippen LogP contribution < -0.4 is 5.32 Å². The van der Waals surface area contributed by atoms with Gasteiger partial charge in [-0.05, 0) is 11.8 Å². The van der Waals surface area contributed by atoms with Crippen LogP contribution in [0.5, 0.6) is 0 Å². The summed E-state index contributed by atoms with van der Waals surface area (Å²) in [7, 11) is 0. The highest BCUT2D eigenvalue weighted by Gasteiger charge is 2.27. The summed E-state index contributed by atoms with van der Waals surface area (Å²) in [6, 6.07) is 10.1. The van der Waals surface area contributed by atoms with Gasteiger partial charge in [0.1, 0.15) is 0 Å². The fraction of sp³-hybridized carbons (Fsp3) is 0.429. The van der Waals surface area contributed by atoms with Gasteiger partial charge in [-0.1, -0.05) is 35.5 Å². The number of oxime groups is 1. The molecule has 1 aromatic carbocycles. The summed E-state index contributed by atoms with van der Waals surface area (Å²) < 4.78 is 0. The van der Waals surface area contributed by atoms with Gasteiger partial charge in [-0.2, -0.15) is 11.8 Å². The second-order valence-corrected chi connectivity index (χ2v) is 5.39. The highest BCUT2D eigenvalue weighted by Crippen LogP contribution is 2.14. The normalized spacial score (nSPS) is 17.7. The zero-order chi connectivity index (χ0) is 13.5. The van der Waals surface area contributed by atoms with Gasteiger partial charge < -0.3 is 10.2 Å². The molecule has 2 rings (SSSR count). The summed E-state index contributed by atoms with van der Waals surface area (Å²) >= 11 is 1.70. The van der Waals surface area contributed by atoms with E-state index in [0.29, 0.717) is 13.0 Å². The van der Waals surface area contributed by atoms with Crippen molar-refractivity contribution in [3.05, 3.63) is 35.9 Å². The van der Waals surface area contributed by atoms with Crippen LogP contribution in [0.25, 0.3) is 0 Å². The molecule has 1 amide bonds. The van der Waals surface area contributed by atoms with E-state index in [0.717, 1.165) is 17.9 Å². The molecule has 0 aliphatic carbocycles. The molecular formula is C14H18N2O2S. The van der Waals surface area contributed by atoms with E-state index < -0.39 is 6.10 Å². The zero-order valence-corrected chi connectivity index (χ0v) is 11.8. The minimum Gasteiger partial charge on any atom is -0.382 e. The molecule has 1 aliphatic heterocycles. The molecule has 0 spiro atoms. The topological polar surface area (TPSA) is 50.7 Å². The first-order valence-electron chi connectivity index (χ1n) is 6.31. The van der Waals surface area contributed by atoms with Crippen molar-refractivity contribution in [3.63, 3.8) is 0 Å². The van der Waals surface area contributed by atoms with Crippen LogP contribution in [0.3, 0.4) is 0 Å². The first kappa shape index (κ1) is 13.9. The highest BCUT2D eigenvalue weighted by molar-refractivity contribution is 7.98. The Hall–Kier alpha value is -1.49. The molecule has 102 valence electrons. The standard InChI is InChI=1S/C14H18N2O2S/c1-19-8-7-15-14(17)13-10-12(16-18-13)9-11-5-3-2-4-6-11/h2-6,13H,7-10H2,1H3,(H,15,17). The van der Waals surface area contributed by atoms with Crippen molar-refractivity contribution >= 4 is 23.4 Å². The van der Waals surface area contributed by atoms with Gasteiger partial charge in [0.15, 0.2) is 0 Å². The third-order valence-electron chi connectivity index (χ3n) is 2.88. The monoisotopic (exact) mass is 278 g/mol. The Morgan fingerprint density at radius 2 is 2.26 bits per heavy atom. The van der Waals surface area contributed by atoms with Gasteiger partial charge in [-0.25, -0.2) is 0 Å². The Morgan fingerprint density at radius 3 is 3.00 bits per heavy atom. The van der Waals surface area contributed by atoms with Crippen LogP contribution in [0, 0.1) is 0 Å².